The second kappa shape index (κ2) is 26.7. The summed E-state index contributed by atoms with van der Waals surface area (Å²) in [6.07, 6.45) is 5.52. The van der Waals surface area contributed by atoms with E-state index >= 15 is 0 Å². The molecule has 0 bridgehead atoms. The van der Waals surface area contributed by atoms with Crippen LogP contribution < -0.4 is 11.1 Å². The molecule has 0 saturated heterocycles. The number of alkyl halides is 1. The van der Waals surface area contributed by atoms with E-state index < -0.39 is 38.7 Å². The number of esters is 1. The van der Waals surface area contributed by atoms with Gasteiger partial charge < -0.3 is 30.4 Å². The highest BCUT2D eigenvalue weighted by atomic mass is 35.5. The molecule has 0 saturated carbocycles. The molecule has 294 valence electrons. The Morgan fingerprint density at radius 2 is 1.62 bits per heavy atom. The van der Waals surface area contributed by atoms with Crippen molar-refractivity contribution in [2.45, 2.75) is 102 Å². The molecule has 0 aromatic carbocycles. The van der Waals surface area contributed by atoms with Crippen molar-refractivity contribution in [1.82, 2.24) is 5.32 Å². The average molecular weight is 776 g/mol. The first-order chi connectivity index (χ1) is 23.1. The average Bonchev–Trinajstić information content (AvgIpc) is 3.05. The molecule has 2 unspecified atom stereocenters. The van der Waals surface area contributed by atoms with E-state index in [4.69, 9.17) is 52.2 Å². The molecule has 2 atom stereocenters. The van der Waals surface area contributed by atoms with Crippen molar-refractivity contribution in [2.75, 3.05) is 40.8 Å². The van der Waals surface area contributed by atoms with Crippen LogP contribution in [0.1, 0.15) is 102 Å². The summed E-state index contributed by atoms with van der Waals surface area (Å²) in [6.45, 7) is 25.9. The third-order valence-electron chi connectivity index (χ3n) is 7.37. The number of allylic oxidation sites excluding steroid dienone is 6. The van der Waals surface area contributed by atoms with Crippen molar-refractivity contribution in [1.29, 1.82) is 0 Å². The highest BCUT2D eigenvalue weighted by Gasteiger charge is 2.35. The molecular formula is C36H66Cl2FN2O8P. The van der Waals surface area contributed by atoms with Gasteiger partial charge in [-0.1, -0.05) is 103 Å². The molecule has 14 heteroatoms. The normalized spacial score (nSPS) is 15.4. The summed E-state index contributed by atoms with van der Waals surface area (Å²) in [5.74, 6) is 0.134. The number of carbonyl (C=O) groups is 1. The molecule has 0 rings (SSSR count). The van der Waals surface area contributed by atoms with Gasteiger partial charge in [0.15, 0.2) is 12.6 Å². The molecule has 50 heavy (non-hydrogen) atoms. The Morgan fingerprint density at radius 3 is 2.04 bits per heavy atom. The lowest BCUT2D eigenvalue weighted by atomic mass is 9.72. The zero-order valence-corrected chi connectivity index (χ0v) is 35.3. The predicted octanol–water partition coefficient (Wildman–Crippen LogP) is 10.8. The molecule has 0 heterocycles. The van der Waals surface area contributed by atoms with Crippen LogP contribution in [0.5, 0.6) is 0 Å². The first-order valence-electron chi connectivity index (χ1n) is 16.7. The lowest BCUT2D eigenvalue weighted by Crippen LogP contribution is -2.32. The van der Waals surface area contributed by atoms with Crippen LogP contribution in [-0.2, 0) is 32.6 Å². The van der Waals surface area contributed by atoms with Gasteiger partial charge in [0.25, 0.3) is 0 Å². The number of nitrogens with two attached hydrogens (primary N) is 1. The fraction of sp³-hybridized carbons (Fsp3) is 0.694. The van der Waals surface area contributed by atoms with Gasteiger partial charge in [0.2, 0.25) is 6.79 Å². The topological polar surface area (TPSA) is 139 Å². The van der Waals surface area contributed by atoms with E-state index in [-0.39, 0.29) is 39.8 Å². The molecule has 0 aromatic rings. The third-order valence-corrected chi connectivity index (χ3v) is 9.56. The minimum atomic E-state index is -3.91. The lowest BCUT2D eigenvalue weighted by molar-refractivity contribution is -0.162. The molecule has 0 radical (unpaired) electrons. The summed E-state index contributed by atoms with van der Waals surface area (Å²) >= 11 is 11.8. The molecule has 10 nitrogen and oxygen atoms in total. The first kappa shape index (κ1) is 52.4. The van der Waals surface area contributed by atoms with Gasteiger partial charge in [-0.3, -0.25) is 18.4 Å². The van der Waals surface area contributed by atoms with E-state index in [9.17, 15) is 18.9 Å². The molecule has 4 N–H and O–H groups in total. The van der Waals surface area contributed by atoms with Crippen LogP contribution in [0.25, 0.3) is 0 Å². The highest BCUT2D eigenvalue weighted by Crippen LogP contribution is 2.47. The second-order valence-electron chi connectivity index (χ2n) is 13.2. The van der Waals surface area contributed by atoms with Crippen LogP contribution >= 0.6 is 30.8 Å². The van der Waals surface area contributed by atoms with Gasteiger partial charge in [0.1, 0.15) is 23.8 Å². The Kier molecular flexibility index (Phi) is 28.0. The summed E-state index contributed by atoms with van der Waals surface area (Å²) in [6, 6.07) is 0. The van der Waals surface area contributed by atoms with E-state index in [0.29, 0.717) is 24.5 Å². The Balaban J connectivity index is -0.00000115. The zero-order chi connectivity index (χ0) is 39.9. The van der Waals surface area contributed by atoms with E-state index in [1.165, 1.54) is 19.8 Å². The van der Waals surface area contributed by atoms with Crippen molar-refractivity contribution in [2.24, 2.45) is 28.4 Å². The monoisotopic (exact) mass is 774 g/mol. The van der Waals surface area contributed by atoms with Crippen LogP contribution in [0, 0.1) is 22.7 Å². The first-order valence-corrected chi connectivity index (χ1v) is 19.2. The standard InChI is InChI=1S/C21H38Cl2FN2O7P.C13H22O.C2H6/c1-14(20(2,3)4)9-21(5,6)19(27)31-13-33-34(28,32-12-29-7)11-26-18(25)16(23)17(30-8)15(22)10-24;1-6-8-13(14)12(10(3)4)9-11(5)7-2;1-2/h14,26H,9-13,25H2,1-8H3;6,9-10,14H,1,7-8H2,2-5H3;1-2H3/b17-15-,18-16-;11-9-,13-12-;. The van der Waals surface area contributed by atoms with Crippen LogP contribution in [0.2, 0.25) is 0 Å². The number of hydrogen-bond acceptors (Lipinski definition) is 10. The number of rotatable bonds is 20. The van der Waals surface area contributed by atoms with Crippen molar-refractivity contribution in [3.05, 3.63) is 57.3 Å². The van der Waals surface area contributed by atoms with Gasteiger partial charge in [-0.2, -0.15) is 0 Å². The zero-order valence-electron chi connectivity index (χ0n) is 32.9. The van der Waals surface area contributed by atoms with Gasteiger partial charge in [-0.25, -0.2) is 4.39 Å². The van der Waals surface area contributed by atoms with Gasteiger partial charge in [-0.15, -0.1) is 6.58 Å². The quantitative estimate of drug-likeness (QED) is 0.0273. The number of halogens is 3. The number of nitrogens with one attached hydrogen (secondary N) is 1. The second-order valence-corrected chi connectivity index (χ2v) is 16.1. The molecule has 0 amide bonds. The van der Waals surface area contributed by atoms with E-state index in [2.05, 4.69) is 73.4 Å². The largest absolute Gasteiger partial charge is 0.512 e. The van der Waals surface area contributed by atoms with Crippen LogP contribution in [0.15, 0.2) is 57.3 Å². The van der Waals surface area contributed by atoms with Gasteiger partial charge in [-0.05, 0) is 56.4 Å². The molecule has 0 aromatic heterocycles. The van der Waals surface area contributed by atoms with Gasteiger partial charge in [0.05, 0.1) is 23.3 Å². The van der Waals surface area contributed by atoms with E-state index in [0.717, 1.165) is 12.0 Å². The maximum absolute atomic E-state index is 13.0. The third kappa shape index (κ3) is 21.4. The molecule has 0 fully saturated rings. The Labute approximate surface area is 312 Å². The summed E-state index contributed by atoms with van der Waals surface area (Å²) in [5.41, 5.74) is 7.39. The number of aliphatic hydroxyl groups excluding tert-OH is 1. The summed E-state index contributed by atoms with van der Waals surface area (Å²) in [7, 11) is -1.35. The minimum absolute atomic E-state index is 0.0183. The number of aliphatic hydroxyl groups is 1. The maximum Gasteiger partial charge on any atom is 0.354 e. The summed E-state index contributed by atoms with van der Waals surface area (Å²) in [4.78, 5) is 12.6. The smallest absolute Gasteiger partial charge is 0.354 e. The van der Waals surface area contributed by atoms with Crippen molar-refractivity contribution < 1.29 is 42.1 Å². The molecule has 0 spiro atoms. The van der Waals surface area contributed by atoms with Crippen molar-refractivity contribution in [3.8, 4) is 0 Å². The van der Waals surface area contributed by atoms with Crippen LogP contribution in [-0.4, -0.2) is 51.8 Å². The molecule has 0 aliphatic heterocycles. The Bertz CT molecular complexity index is 1190. The summed E-state index contributed by atoms with van der Waals surface area (Å²) < 4.78 is 51.2. The fourth-order valence-electron chi connectivity index (χ4n) is 3.74. The SMILES string of the molecule is C=CC/C(O)=C(\C=C(\C)CC)C(C)C.CC.COCOP(=O)(CN/C(N)=C(Cl)/C(OC)=C(/Cl)CF)OCOC(=O)C(C)(C)CC(C)C(C)(C)C. The van der Waals surface area contributed by atoms with Gasteiger partial charge in [0, 0.05) is 13.5 Å². The Morgan fingerprint density at radius 1 is 1.08 bits per heavy atom. The van der Waals surface area contributed by atoms with Crippen molar-refractivity contribution in [3.63, 3.8) is 0 Å². The minimum Gasteiger partial charge on any atom is -0.512 e. The maximum atomic E-state index is 13.0. The molecular weight excluding hydrogens is 709 g/mol. The lowest BCUT2D eigenvalue weighted by Gasteiger charge is -2.33. The number of carbonyl (C=O) groups excluding carboxylic acids is 1. The predicted molar refractivity (Wildman–Crippen MR) is 205 cm³/mol. The van der Waals surface area contributed by atoms with Crippen LogP contribution in [0.3, 0.4) is 0 Å². The van der Waals surface area contributed by atoms with E-state index in [1.807, 2.05) is 13.8 Å². The molecule has 0 aliphatic carbocycles. The number of methoxy groups -OCH3 is 2. The molecule has 0 aliphatic rings. The van der Waals surface area contributed by atoms with E-state index in [1.54, 1.807) is 19.9 Å². The highest BCUT2D eigenvalue weighted by molar-refractivity contribution is 7.53. The number of ether oxygens (including phenoxy) is 3. The summed E-state index contributed by atoms with van der Waals surface area (Å²) in [5, 5.41) is 11.8. The Hall–Kier alpha value is -2.01. The van der Waals surface area contributed by atoms with Crippen LogP contribution in [0.4, 0.5) is 4.39 Å². The van der Waals surface area contributed by atoms with Gasteiger partial charge >= 0.3 is 13.6 Å². The fourth-order valence-corrected chi connectivity index (χ4v) is 5.32. The van der Waals surface area contributed by atoms with Crippen molar-refractivity contribution >= 4 is 36.8 Å². The number of hydrogen-bond donors (Lipinski definition) is 3.